The number of nitrogens with zero attached hydrogens (tertiary/aromatic N) is 2. The summed E-state index contributed by atoms with van der Waals surface area (Å²) in [5.74, 6) is -3.09. The fourth-order valence-electron chi connectivity index (χ4n) is 2.65. The number of pyridine rings is 1. The van der Waals surface area contributed by atoms with E-state index < -0.39 is 33.9 Å². The molecule has 0 saturated carbocycles. The number of aromatic nitrogens is 1. The number of fused-ring (bicyclic) bond motifs is 1. The first kappa shape index (κ1) is 16.1. The lowest BCUT2D eigenvalue weighted by Gasteiger charge is -2.11. The Morgan fingerprint density at radius 2 is 1.68 bits per heavy atom. The molecule has 0 bridgehead atoms. The molecule has 0 atom stereocenters. The minimum Gasteiger partial charge on any atom is -0.477 e. The van der Waals surface area contributed by atoms with Crippen molar-refractivity contribution in [1.82, 2.24) is 4.98 Å². The third-order valence-electron chi connectivity index (χ3n) is 3.68. The van der Waals surface area contributed by atoms with Crippen molar-refractivity contribution in [2.75, 3.05) is 0 Å². The maximum Gasteiger partial charge on any atom is 0.355 e. The summed E-state index contributed by atoms with van der Waals surface area (Å²) in [4.78, 5) is 37.0. The van der Waals surface area contributed by atoms with Crippen molar-refractivity contribution in [2.24, 2.45) is 0 Å². The third kappa shape index (κ3) is 2.76. The lowest BCUT2D eigenvalue weighted by molar-refractivity contribution is -0.384. The van der Waals surface area contributed by atoms with Gasteiger partial charge in [0.2, 0.25) is 0 Å². The minimum absolute atomic E-state index is 0.223. The van der Waals surface area contributed by atoms with E-state index in [1.807, 2.05) is 0 Å². The van der Waals surface area contributed by atoms with Crippen LogP contribution >= 0.6 is 0 Å². The van der Waals surface area contributed by atoms with Crippen LogP contribution in [0.1, 0.15) is 21.0 Å². The summed E-state index contributed by atoms with van der Waals surface area (Å²) in [7, 11) is 0. The van der Waals surface area contributed by atoms with E-state index >= 15 is 0 Å². The second kappa shape index (κ2) is 6.00. The van der Waals surface area contributed by atoms with Crippen molar-refractivity contribution >= 4 is 28.4 Å². The first-order chi connectivity index (χ1) is 11.9. The normalized spacial score (nSPS) is 10.6. The highest BCUT2D eigenvalue weighted by Crippen LogP contribution is 2.37. The van der Waals surface area contributed by atoms with E-state index in [9.17, 15) is 24.8 Å². The number of carboxylic acid groups (broad SMARTS) is 2. The van der Waals surface area contributed by atoms with Gasteiger partial charge in [-0.2, -0.15) is 0 Å². The van der Waals surface area contributed by atoms with Crippen molar-refractivity contribution in [1.29, 1.82) is 0 Å². The summed E-state index contributed by atoms with van der Waals surface area (Å²) in [6.45, 7) is 0. The maximum absolute atomic E-state index is 11.6. The van der Waals surface area contributed by atoms with Gasteiger partial charge in [0.1, 0.15) is 0 Å². The summed E-state index contributed by atoms with van der Waals surface area (Å²) >= 11 is 0. The molecule has 1 heterocycles. The molecule has 3 aromatic rings. The molecule has 8 nitrogen and oxygen atoms in total. The van der Waals surface area contributed by atoms with E-state index in [4.69, 9.17) is 5.11 Å². The molecule has 25 heavy (non-hydrogen) atoms. The Labute approximate surface area is 140 Å². The van der Waals surface area contributed by atoms with E-state index in [0.29, 0.717) is 10.9 Å². The van der Waals surface area contributed by atoms with Gasteiger partial charge in [-0.1, -0.05) is 42.5 Å². The van der Waals surface area contributed by atoms with Crippen LogP contribution in [0.4, 0.5) is 5.69 Å². The number of nitro groups is 1. The molecule has 0 spiro atoms. The molecule has 124 valence electrons. The summed E-state index contributed by atoms with van der Waals surface area (Å²) in [6, 6.07) is 12.7. The second-order valence-corrected chi connectivity index (χ2v) is 5.14. The molecule has 0 amide bonds. The van der Waals surface area contributed by atoms with E-state index in [1.165, 1.54) is 0 Å². The lowest BCUT2D eigenvalue weighted by atomic mass is 9.95. The Balaban J connectivity index is 2.47. The number of benzene rings is 2. The lowest BCUT2D eigenvalue weighted by Crippen LogP contribution is -2.11. The summed E-state index contributed by atoms with van der Waals surface area (Å²) in [5, 5.41) is 31.3. The van der Waals surface area contributed by atoms with Crippen molar-refractivity contribution in [3.05, 3.63) is 70.0 Å². The number of hydrogen-bond donors (Lipinski definition) is 2. The quantitative estimate of drug-likeness (QED) is 0.551. The van der Waals surface area contributed by atoms with Crippen LogP contribution in [0, 0.1) is 10.1 Å². The van der Waals surface area contributed by atoms with Crippen LogP contribution in [0.2, 0.25) is 0 Å². The largest absolute Gasteiger partial charge is 0.477 e. The molecule has 0 aliphatic carbocycles. The minimum atomic E-state index is -1.55. The monoisotopic (exact) mass is 338 g/mol. The second-order valence-electron chi connectivity index (χ2n) is 5.14. The first-order valence-corrected chi connectivity index (χ1v) is 7.04. The predicted molar refractivity (Wildman–Crippen MR) is 87.8 cm³/mol. The Kier molecular flexibility index (Phi) is 3.86. The summed E-state index contributed by atoms with van der Waals surface area (Å²) < 4.78 is 0. The van der Waals surface area contributed by atoms with Gasteiger partial charge in [0.05, 0.1) is 10.5 Å². The van der Waals surface area contributed by atoms with Crippen molar-refractivity contribution in [3.63, 3.8) is 0 Å². The summed E-state index contributed by atoms with van der Waals surface area (Å²) in [5.41, 5.74) is -1.93. The molecule has 0 fully saturated rings. The Bertz CT molecular complexity index is 1000. The zero-order valence-corrected chi connectivity index (χ0v) is 12.5. The molecule has 2 aromatic carbocycles. The Morgan fingerprint density at radius 3 is 2.32 bits per heavy atom. The fourth-order valence-corrected chi connectivity index (χ4v) is 2.65. The Hall–Kier alpha value is -3.81. The number of carbonyl (C=O) groups is 2. The maximum atomic E-state index is 11.6. The van der Waals surface area contributed by atoms with Crippen LogP contribution in [-0.2, 0) is 0 Å². The highest BCUT2D eigenvalue weighted by Gasteiger charge is 2.28. The molecule has 0 saturated heterocycles. The molecule has 0 aliphatic heterocycles. The van der Waals surface area contributed by atoms with E-state index in [2.05, 4.69) is 4.98 Å². The number of rotatable bonds is 4. The SMILES string of the molecule is O=C(O)c1cc([N+](=O)[O-])c(-c2cccc3ccccc23)c(C(=O)O)n1. The molecular weight excluding hydrogens is 328 g/mol. The van der Waals surface area contributed by atoms with Gasteiger partial charge < -0.3 is 10.2 Å². The van der Waals surface area contributed by atoms with Gasteiger partial charge >= 0.3 is 11.9 Å². The average Bonchev–Trinajstić information content (AvgIpc) is 2.59. The van der Waals surface area contributed by atoms with E-state index in [1.54, 1.807) is 42.5 Å². The molecule has 2 N–H and O–H groups in total. The van der Waals surface area contributed by atoms with E-state index in [-0.39, 0.29) is 5.56 Å². The molecule has 8 heteroatoms. The van der Waals surface area contributed by atoms with Gasteiger partial charge in [-0.3, -0.25) is 10.1 Å². The van der Waals surface area contributed by atoms with Crippen molar-refractivity contribution in [3.8, 4) is 11.1 Å². The number of hydrogen-bond acceptors (Lipinski definition) is 5. The van der Waals surface area contributed by atoms with Crippen LogP contribution in [0.5, 0.6) is 0 Å². The van der Waals surface area contributed by atoms with Crippen LogP contribution in [0.3, 0.4) is 0 Å². The molecular formula is C17H10N2O6. The van der Waals surface area contributed by atoms with Gasteiger partial charge in [-0.05, 0) is 16.3 Å². The van der Waals surface area contributed by atoms with Gasteiger partial charge in [-0.15, -0.1) is 0 Å². The highest BCUT2D eigenvalue weighted by atomic mass is 16.6. The molecule has 0 aliphatic rings. The standard InChI is InChI=1S/C17H10N2O6/c20-16(21)12-8-13(19(24)25)14(15(18-12)17(22)23)11-7-3-5-9-4-1-2-6-10(9)11/h1-8H,(H,20,21)(H,22,23). The van der Waals surface area contributed by atoms with Crippen LogP contribution in [0.25, 0.3) is 21.9 Å². The Morgan fingerprint density at radius 1 is 1.00 bits per heavy atom. The summed E-state index contributed by atoms with van der Waals surface area (Å²) in [6.07, 6.45) is 0. The molecule has 1 aromatic heterocycles. The smallest absolute Gasteiger partial charge is 0.355 e. The third-order valence-corrected chi connectivity index (χ3v) is 3.68. The molecule has 0 unspecified atom stereocenters. The van der Waals surface area contributed by atoms with Crippen molar-refractivity contribution < 1.29 is 24.7 Å². The van der Waals surface area contributed by atoms with Gasteiger partial charge in [0.25, 0.3) is 5.69 Å². The molecule has 0 radical (unpaired) electrons. The highest BCUT2D eigenvalue weighted by molar-refractivity contribution is 6.06. The van der Waals surface area contributed by atoms with Gasteiger partial charge in [0, 0.05) is 6.07 Å². The number of carboxylic acids is 2. The fraction of sp³-hybridized carbons (Fsp3) is 0. The zero-order valence-electron chi connectivity index (χ0n) is 12.5. The predicted octanol–water partition coefficient (Wildman–Crippen LogP) is 3.21. The zero-order chi connectivity index (χ0) is 18.1. The van der Waals surface area contributed by atoms with Crippen molar-refractivity contribution in [2.45, 2.75) is 0 Å². The molecule has 3 rings (SSSR count). The van der Waals surface area contributed by atoms with Crippen LogP contribution < -0.4 is 0 Å². The van der Waals surface area contributed by atoms with Crippen LogP contribution in [0.15, 0.2) is 48.5 Å². The van der Waals surface area contributed by atoms with Gasteiger partial charge in [0.15, 0.2) is 11.4 Å². The van der Waals surface area contributed by atoms with Gasteiger partial charge in [-0.25, -0.2) is 14.6 Å². The topological polar surface area (TPSA) is 131 Å². The van der Waals surface area contributed by atoms with E-state index in [0.717, 1.165) is 11.5 Å². The number of aromatic carboxylic acids is 2. The average molecular weight is 338 g/mol. The van der Waals surface area contributed by atoms with Crippen LogP contribution in [-0.4, -0.2) is 32.1 Å². The first-order valence-electron chi connectivity index (χ1n) is 7.04.